The lowest BCUT2D eigenvalue weighted by molar-refractivity contribution is 0.357. The molecule has 1 fully saturated rings. The van der Waals surface area contributed by atoms with E-state index >= 15 is 0 Å². The molecule has 2 aliphatic rings. The Hall–Kier alpha value is -1.02. The molecule has 0 radical (unpaired) electrons. The number of aliphatic hydroxyl groups is 1. The van der Waals surface area contributed by atoms with E-state index < -0.39 is 0 Å². The quantitative estimate of drug-likeness (QED) is 0.738. The van der Waals surface area contributed by atoms with Crippen molar-refractivity contribution in [1.29, 1.82) is 0 Å². The lowest BCUT2D eigenvalue weighted by Gasteiger charge is -2.03. The van der Waals surface area contributed by atoms with Gasteiger partial charge in [-0.25, -0.2) is 0 Å². The van der Waals surface area contributed by atoms with Gasteiger partial charge in [0.2, 0.25) is 0 Å². The van der Waals surface area contributed by atoms with Gasteiger partial charge in [-0.1, -0.05) is 12.1 Å². The fraction of sp³-hybridized carbons (Fsp3) is 0.500. The smallest absolute Gasteiger partial charge is 0.122 e. The van der Waals surface area contributed by atoms with Gasteiger partial charge in [0.15, 0.2) is 0 Å². The molecule has 0 amide bonds. The molecule has 0 atom stereocenters. The van der Waals surface area contributed by atoms with Crippen LogP contribution in [0, 0.1) is 0 Å². The molecule has 2 heteroatoms. The third-order valence-electron chi connectivity index (χ3n) is 2.80. The first kappa shape index (κ1) is 9.53. The van der Waals surface area contributed by atoms with Crippen LogP contribution >= 0.6 is 0 Å². The minimum Gasteiger partial charge on any atom is -0.493 e. The van der Waals surface area contributed by atoms with Crippen molar-refractivity contribution in [2.75, 3.05) is 13.7 Å². The van der Waals surface area contributed by atoms with Crippen LogP contribution in [0.15, 0.2) is 18.2 Å². The number of rotatable bonds is 1. The molecule has 3 rings (SSSR count). The molecule has 0 spiro atoms. The van der Waals surface area contributed by atoms with Gasteiger partial charge in [-0.2, -0.15) is 0 Å². The summed E-state index contributed by atoms with van der Waals surface area (Å²) in [4.78, 5) is 0. The SMILES string of the molecule is CO.c1cc2c(c(C3CC3)c1)CCO2. The third kappa shape index (κ3) is 1.62. The first-order chi connectivity index (χ1) is 6.95. The molecule has 1 N–H and O–H groups in total. The van der Waals surface area contributed by atoms with Crippen molar-refractivity contribution >= 4 is 0 Å². The second-order valence-electron chi connectivity index (χ2n) is 3.70. The summed E-state index contributed by atoms with van der Waals surface area (Å²) in [5, 5.41) is 7.00. The van der Waals surface area contributed by atoms with Crippen LogP contribution in [0.1, 0.15) is 29.9 Å². The minimum atomic E-state index is 0.863. The topological polar surface area (TPSA) is 29.5 Å². The number of fused-ring (bicyclic) bond motifs is 1. The molecule has 0 unspecified atom stereocenters. The highest BCUT2D eigenvalue weighted by atomic mass is 16.5. The second-order valence-corrected chi connectivity index (χ2v) is 3.70. The first-order valence-electron chi connectivity index (χ1n) is 5.14. The highest BCUT2D eigenvalue weighted by molar-refractivity contribution is 5.45. The molecule has 14 heavy (non-hydrogen) atoms. The van der Waals surface area contributed by atoms with Gasteiger partial charge in [0.1, 0.15) is 5.75 Å². The molecule has 2 nitrogen and oxygen atoms in total. The summed E-state index contributed by atoms with van der Waals surface area (Å²) >= 11 is 0. The zero-order valence-corrected chi connectivity index (χ0v) is 8.49. The molecule has 76 valence electrons. The van der Waals surface area contributed by atoms with Gasteiger partial charge < -0.3 is 9.84 Å². The Bertz CT molecular complexity index is 316. The van der Waals surface area contributed by atoms with E-state index in [9.17, 15) is 0 Å². The Morgan fingerprint density at radius 2 is 2.07 bits per heavy atom. The van der Waals surface area contributed by atoms with Crippen LogP contribution in [0.3, 0.4) is 0 Å². The summed E-state index contributed by atoms with van der Waals surface area (Å²) in [7, 11) is 1.00. The van der Waals surface area contributed by atoms with E-state index in [-0.39, 0.29) is 0 Å². The Balaban J connectivity index is 0.000000354. The molecule has 0 saturated heterocycles. The number of ether oxygens (including phenoxy) is 1. The predicted molar refractivity (Wildman–Crippen MR) is 55.8 cm³/mol. The Morgan fingerprint density at radius 1 is 1.29 bits per heavy atom. The van der Waals surface area contributed by atoms with Crippen LogP contribution in [0.5, 0.6) is 5.75 Å². The number of benzene rings is 1. The zero-order valence-electron chi connectivity index (χ0n) is 8.49. The van der Waals surface area contributed by atoms with E-state index in [1.165, 1.54) is 18.4 Å². The van der Waals surface area contributed by atoms with Gasteiger partial charge in [-0.05, 0) is 30.4 Å². The fourth-order valence-corrected chi connectivity index (χ4v) is 2.03. The van der Waals surface area contributed by atoms with Gasteiger partial charge in [0.25, 0.3) is 0 Å². The summed E-state index contributed by atoms with van der Waals surface area (Å²) in [6.45, 7) is 0.888. The largest absolute Gasteiger partial charge is 0.493 e. The summed E-state index contributed by atoms with van der Waals surface area (Å²) in [5.74, 6) is 2.00. The molecule has 1 heterocycles. The van der Waals surface area contributed by atoms with E-state index in [0.717, 1.165) is 31.8 Å². The Morgan fingerprint density at radius 3 is 2.79 bits per heavy atom. The molecule has 1 saturated carbocycles. The van der Waals surface area contributed by atoms with E-state index in [0.29, 0.717) is 0 Å². The fourth-order valence-electron chi connectivity index (χ4n) is 2.03. The van der Waals surface area contributed by atoms with Crippen LogP contribution in [-0.4, -0.2) is 18.8 Å². The van der Waals surface area contributed by atoms with E-state index in [2.05, 4.69) is 18.2 Å². The third-order valence-corrected chi connectivity index (χ3v) is 2.80. The zero-order chi connectivity index (χ0) is 9.97. The van der Waals surface area contributed by atoms with Crippen molar-refractivity contribution in [2.24, 2.45) is 0 Å². The van der Waals surface area contributed by atoms with Crippen LogP contribution in [0.4, 0.5) is 0 Å². The average Bonchev–Trinajstić information content (AvgIpc) is 2.98. The van der Waals surface area contributed by atoms with Crippen molar-refractivity contribution in [2.45, 2.75) is 25.2 Å². The van der Waals surface area contributed by atoms with Gasteiger partial charge in [0, 0.05) is 19.1 Å². The van der Waals surface area contributed by atoms with Crippen LogP contribution in [0.2, 0.25) is 0 Å². The van der Waals surface area contributed by atoms with Crippen molar-refractivity contribution in [3.05, 3.63) is 29.3 Å². The lowest BCUT2D eigenvalue weighted by Crippen LogP contribution is -1.88. The van der Waals surface area contributed by atoms with Gasteiger partial charge >= 0.3 is 0 Å². The van der Waals surface area contributed by atoms with Crippen molar-refractivity contribution in [3.8, 4) is 5.75 Å². The van der Waals surface area contributed by atoms with Crippen molar-refractivity contribution < 1.29 is 9.84 Å². The minimum absolute atomic E-state index is 0.863. The molecule has 1 aromatic carbocycles. The summed E-state index contributed by atoms with van der Waals surface area (Å²) in [5.41, 5.74) is 3.05. The second kappa shape index (κ2) is 4.01. The van der Waals surface area contributed by atoms with E-state index in [1.807, 2.05) is 0 Å². The van der Waals surface area contributed by atoms with Gasteiger partial charge in [-0.3, -0.25) is 0 Å². The van der Waals surface area contributed by atoms with Crippen LogP contribution in [0.25, 0.3) is 0 Å². The molecule has 0 bridgehead atoms. The molecule has 1 aliphatic carbocycles. The average molecular weight is 192 g/mol. The van der Waals surface area contributed by atoms with E-state index in [4.69, 9.17) is 9.84 Å². The maximum absolute atomic E-state index is 7.00. The predicted octanol–water partition coefficient (Wildman–Crippen LogP) is 2.11. The van der Waals surface area contributed by atoms with Gasteiger partial charge in [-0.15, -0.1) is 0 Å². The highest BCUT2D eigenvalue weighted by Gasteiger charge is 2.28. The normalized spacial score (nSPS) is 17.9. The molecule has 0 aromatic heterocycles. The summed E-state index contributed by atoms with van der Waals surface area (Å²) < 4.78 is 5.52. The van der Waals surface area contributed by atoms with Crippen molar-refractivity contribution in [1.82, 2.24) is 0 Å². The highest BCUT2D eigenvalue weighted by Crippen LogP contribution is 2.44. The number of hydrogen-bond acceptors (Lipinski definition) is 2. The maximum Gasteiger partial charge on any atom is 0.122 e. The first-order valence-corrected chi connectivity index (χ1v) is 5.14. The molecular formula is C12H16O2. The number of aliphatic hydroxyl groups excluding tert-OH is 1. The molecular weight excluding hydrogens is 176 g/mol. The summed E-state index contributed by atoms with van der Waals surface area (Å²) in [6, 6.07) is 6.48. The molecule has 1 aromatic rings. The summed E-state index contributed by atoms with van der Waals surface area (Å²) in [6.07, 6.45) is 3.90. The van der Waals surface area contributed by atoms with Crippen LogP contribution < -0.4 is 4.74 Å². The monoisotopic (exact) mass is 192 g/mol. The number of hydrogen-bond donors (Lipinski definition) is 1. The van der Waals surface area contributed by atoms with Crippen molar-refractivity contribution in [3.63, 3.8) is 0 Å². The van der Waals surface area contributed by atoms with Crippen LogP contribution in [-0.2, 0) is 6.42 Å². The van der Waals surface area contributed by atoms with E-state index in [1.54, 1.807) is 5.56 Å². The standard InChI is InChI=1S/C11H12O.CH4O/c1-2-9(8-4-5-8)10-6-7-12-11(10)3-1;1-2/h1-3,8H,4-7H2;2H,1H3. The molecule has 1 aliphatic heterocycles. The Labute approximate surface area is 84.5 Å². The Kier molecular flexibility index (Phi) is 2.73. The maximum atomic E-state index is 7.00. The lowest BCUT2D eigenvalue weighted by atomic mass is 10.0. The van der Waals surface area contributed by atoms with Gasteiger partial charge in [0.05, 0.1) is 6.61 Å².